The van der Waals surface area contributed by atoms with Gasteiger partial charge in [0.05, 0.1) is 39.9 Å². The summed E-state index contributed by atoms with van der Waals surface area (Å²) < 4.78 is 23.5. The number of allylic oxidation sites excluding steroid dienone is 21. The molecule has 0 saturated heterocycles. The number of aliphatic hydroxyl groups is 1. The van der Waals surface area contributed by atoms with E-state index in [0.717, 1.165) is 96.3 Å². The number of nitrogens with one attached hydrogen (secondary N) is 1. The highest BCUT2D eigenvalue weighted by atomic mass is 31.2. The molecule has 0 radical (unpaired) electrons. The van der Waals surface area contributed by atoms with Crippen LogP contribution in [0, 0.1) is 0 Å². The summed E-state index contributed by atoms with van der Waals surface area (Å²) in [6, 6.07) is -0.914. The van der Waals surface area contributed by atoms with Crippen LogP contribution in [0.15, 0.2) is 134 Å². The number of hydrogen-bond acceptors (Lipinski definition) is 6. The predicted octanol–water partition coefficient (Wildman–Crippen LogP) is 24.7. The van der Waals surface area contributed by atoms with E-state index >= 15 is 0 Å². The molecule has 0 aliphatic rings. The van der Waals surface area contributed by atoms with Crippen molar-refractivity contribution in [3.8, 4) is 0 Å². The van der Waals surface area contributed by atoms with E-state index in [2.05, 4.69) is 141 Å². The molecule has 0 aromatic heterocycles. The molecule has 0 aliphatic carbocycles. The lowest BCUT2D eigenvalue weighted by molar-refractivity contribution is -0.870. The van der Waals surface area contributed by atoms with E-state index in [1.165, 1.54) is 218 Å². The second kappa shape index (κ2) is 71.9. The summed E-state index contributed by atoms with van der Waals surface area (Å²) in [5, 5.41) is 14.0. The van der Waals surface area contributed by atoms with E-state index in [9.17, 15) is 19.4 Å². The third-order valence-corrected chi connectivity index (χ3v) is 17.8. The van der Waals surface area contributed by atoms with Crippen molar-refractivity contribution in [2.45, 2.75) is 347 Å². The lowest BCUT2D eigenvalue weighted by Crippen LogP contribution is -2.45. The highest BCUT2D eigenvalue weighted by Gasteiger charge is 2.23. The quantitative estimate of drug-likeness (QED) is 0.0272. The summed E-state index contributed by atoms with van der Waals surface area (Å²) in [5.41, 5.74) is 0. The first kappa shape index (κ1) is 88.6. The number of aliphatic hydroxyl groups excluding tert-OH is 1. The largest absolute Gasteiger partial charge is 0.756 e. The van der Waals surface area contributed by atoms with Gasteiger partial charge in [-0.05, 0) is 103 Å². The van der Waals surface area contributed by atoms with Crippen LogP contribution in [0.4, 0.5) is 0 Å². The van der Waals surface area contributed by atoms with Crippen LogP contribution in [-0.2, 0) is 18.4 Å². The Morgan fingerprint density at radius 2 is 0.674 bits per heavy atom. The third kappa shape index (κ3) is 74.0. The Labute approximate surface area is 570 Å². The van der Waals surface area contributed by atoms with Crippen LogP contribution in [0.25, 0.3) is 0 Å². The molecule has 0 fully saturated rings. The van der Waals surface area contributed by atoms with Crippen molar-refractivity contribution in [2.75, 3.05) is 40.9 Å². The number of amides is 1. The van der Waals surface area contributed by atoms with Gasteiger partial charge in [-0.3, -0.25) is 9.36 Å². The van der Waals surface area contributed by atoms with Crippen LogP contribution in [0.1, 0.15) is 335 Å². The molecule has 0 saturated carbocycles. The minimum Gasteiger partial charge on any atom is -0.756 e. The second-order valence-corrected chi connectivity index (χ2v) is 28.4. The summed E-state index contributed by atoms with van der Waals surface area (Å²) in [6.45, 7) is 4.54. The van der Waals surface area contributed by atoms with Crippen LogP contribution < -0.4 is 10.2 Å². The van der Waals surface area contributed by atoms with E-state index in [1.54, 1.807) is 6.08 Å². The van der Waals surface area contributed by atoms with E-state index in [4.69, 9.17) is 9.05 Å². The molecule has 530 valence electrons. The van der Waals surface area contributed by atoms with Crippen LogP contribution >= 0.6 is 7.82 Å². The molecular weight excluding hydrogens is 1150 g/mol. The van der Waals surface area contributed by atoms with Gasteiger partial charge in [0, 0.05) is 6.42 Å². The number of hydrogen-bond donors (Lipinski definition) is 2. The third-order valence-electron chi connectivity index (χ3n) is 16.8. The zero-order chi connectivity index (χ0) is 66.9. The molecule has 3 atom stereocenters. The fourth-order valence-corrected chi connectivity index (χ4v) is 11.7. The molecule has 3 unspecified atom stereocenters. The first-order valence-electron chi connectivity index (χ1n) is 38.5. The molecule has 0 rings (SSSR count). The topological polar surface area (TPSA) is 108 Å². The average molecular weight is 1300 g/mol. The van der Waals surface area contributed by atoms with E-state index < -0.39 is 26.6 Å². The van der Waals surface area contributed by atoms with Crippen molar-refractivity contribution in [2.24, 2.45) is 0 Å². The van der Waals surface area contributed by atoms with Crippen LogP contribution in [0.5, 0.6) is 0 Å². The zero-order valence-corrected chi connectivity index (χ0v) is 61.6. The Hall–Kier alpha value is -3.36. The number of phosphoric acid groups is 1. The van der Waals surface area contributed by atoms with Gasteiger partial charge in [-0.25, -0.2) is 0 Å². The number of likely N-dealkylation sites (N-methyl/N-ethyl adjacent to an activating group) is 1. The van der Waals surface area contributed by atoms with Crippen molar-refractivity contribution in [3.63, 3.8) is 0 Å². The number of nitrogens with zero attached hydrogens (tertiary/aromatic N) is 1. The SMILES string of the molecule is CC/C=C\C/C=C\C/C=C\C/C=C\C/C=C\C/C=C\C/C=C\C/C=C\C/C=C\CCCCCCCCCCCCCCCC(=O)NC(COP(=O)([O-])OCC[N+](C)(C)C)C(O)/C=C/CC/C=C/CCCCCCCCCCCCCCCCCCCCCCCCC. The van der Waals surface area contributed by atoms with Crippen molar-refractivity contribution < 1.29 is 32.9 Å². The maximum Gasteiger partial charge on any atom is 0.268 e. The molecule has 92 heavy (non-hydrogen) atoms. The average Bonchev–Trinajstić information content (AvgIpc) is 2.63. The monoisotopic (exact) mass is 1300 g/mol. The Kier molecular flexibility index (Phi) is 69.3. The summed E-state index contributed by atoms with van der Waals surface area (Å²) in [7, 11) is 1.24. The molecule has 2 N–H and O–H groups in total. The lowest BCUT2D eigenvalue weighted by atomic mass is 10.0. The molecular formula is C83H147N2O6P. The van der Waals surface area contributed by atoms with Gasteiger partial charge in [0.2, 0.25) is 5.91 Å². The van der Waals surface area contributed by atoms with Gasteiger partial charge in [-0.2, -0.15) is 0 Å². The van der Waals surface area contributed by atoms with Gasteiger partial charge in [0.1, 0.15) is 13.2 Å². The number of phosphoric ester groups is 1. The Morgan fingerprint density at radius 3 is 1.01 bits per heavy atom. The molecule has 0 heterocycles. The maximum atomic E-state index is 13.1. The fraction of sp³-hybridized carbons (Fsp3) is 0.723. The smallest absolute Gasteiger partial charge is 0.268 e. The predicted molar refractivity (Wildman–Crippen MR) is 403 cm³/mol. The van der Waals surface area contributed by atoms with Gasteiger partial charge >= 0.3 is 0 Å². The number of carbonyl (C=O) groups is 1. The summed E-state index contributed by atoms with van der Waals surface area (Å²) in [5.74, 6) is -0.209. The molecule has 0 bridgehead atoms. The van der Waals surface area contributed by atoms with E-state index in [-0.39, 0.29) is 12.5 Å². The number of unbranched alkanes of at least 4 members (excludes halogenated alkanes) is 37. The van der Waals surface area contributed by atoms with Gasteiger partial charge in [0.15, 0.2) is 0 Å². The number of carbonyl (C=O) groups excluding carboxylic acids is 1. The lowest BCUT2D eigenvalue weighted by Gasteiger charge is -2.29. The normalized spacial score (nSPS) is 14.3. The Bertz CT molecular complexity index is 1970. The minimum absolute atomic E-state index is 0.0111. The van der Waals surface area contributed by atoms with Crippen molar-refractivity contribution >= 4 is 13.7 Å². The molecule has 0 aliphatic heterocycles. The van der Waals surface area contributed by atoms with E-state index in [0.29, 0.717) is 17.4 Å². The molecule has 0 aromatic carbocycles. The minimum atomic E-state index is -4.62. The van der Waals surface area contributed by atoms with E-state index in [1.807, 2.05) is 27.2 Å². The van der Waals surface area contributed by atoms with Crippen LogP contribution in [0.2, 0.25) is 0 Å². The highest BCUT2D eigenvalue weighted by molar-refractivity contribution is 7.45. The second-order valence-electron chi connectivity index (χ2n) is 27.0. The Morgan fingerprint density at radius 1 is 0.391 bits per heavy atom. The number of quaternary nitrogens is 1. The number of rotatable bonds is 70. The van der Waals surface area contributed by atoms with Crippen LogP contribution in [-0.4, -0.2) is 68.5 Å². The Balaban J connectivity index is 4.08. The first-order valence-corrected chi connectivity index (χ1v) is 40.0. The highest BCUT2D eigenvalue weighted by Crippen LogP contribution is 2.38. The molecule has 0 aromatic rings. The molecule has 8 nitrogen and oxygen atoms in total. The summed E-state index contributed by atoms with van der Waals surface area (Å²) in [4.78, 5) is 25.7. The van der Waals surface area contributed by atoms with Gasteiger partial charge < -0.3 is 28.8 Å². The van der Waals surface area contributed by atoms with Crippen LogP contribution in [0.3, 0.4) is 0 Å². The maximum absolute atomic E-state index is 13.1. The van der Waals surface area contributed by atoms with Crippen molar-refractivity contribution in [1.29, 1.82) is 0 Å². The summed E-state index contributed by atoms with van der Waals surface area (Å²) >= 11 is 0. The zero-order valence-electron chi connectivity index (χ0n) is 60.7. The van der Waals surface area contributed by atoms with Gasteiger partial charge in [0.25, 0.3) is 7.82 Å². The van der Waals surface area contributed by atoms with Crippen molar-refractivity contribution in [3.05, 3.63) is 134 Å². The standard InChI is InChI=1S/C83H147N2O6P/c1-6-8-10-12-14-16-18-20-22-24-26-28-30-32-34-36-37-38-39-40-41-42-43-44-45-46-47-49-51-53-55-57-59-61-63-65-67-69-71-73-75-77-83(87)84-81(80-91-92(88,89)90-79-78-85(3,4)5)82(86)76-74-72-70-68-66-64-62-60-58-56-54-52-50-48-35-33-31-29-27-25-23-21-19-17-15-13-11-9-7-2/h8,10,14,16,20,22,26,28,32,34,37-38,40-41,43-44,46-47,66,68,74,76,81-82,86H,6-7,9,11-13,15,17-19,21,23-25,27,29-31,33,35-36,39,42,45,48-65,67,69-73,75,77-80H2,1-5H3,(H-,84,87,88,89)/b10-8-,16-14-,22-20-,28-26-,34-32-,38-37-,41-40-,44-43-,47-46-,68-66+,76-74+. The van der Waals surface area contributed by atoms with Crippen molar-refractivity contribution in [1.82, 2.24) is 5.32 Å². The molecule has 0 spiro atoms. The molecule has 1 amide bonds. The van der Waals surface area contributed by atoms with Gasteiger partial charge in [-0.1, -0.05) is 359 Å². The first-order chi connectivity index (χ1) is 45.0. The fourth-order valence-electron chi connectivity index (χ4n) is 10.9. The molecule has 9 heteroatoms. The van der Waals surface area contributed by atoms with Gasteiger partial charge in [-0.15, -0.1) is 0 Å². The summed E-state index contributed by atoms with van der Waals surface area (Å²) in [6.07, 6.45) is 109.